The highest BCUT2D eigenvalue weighted by molar-refractivity contribution is 5.66. The Kier molecular flexibility index (Phi) is 4.46. The lowest BCUT2D eigenvalue weighted by Crippen LogP contribution is -2.12. The fraction of sp³-hybridized carbons (Fsp3) is 0.571. The summed E-state index contributed by atoms with van der Waals surface area (Å²) in [5, 5.41) is 17.0. The molecule has 1 atom stereocenters. The van der Waals surface area contributed by atoms with E-state index >= 15 is 0 Å². The predicted molar refractivity (Wildman–Crippen MR) is 41.6 cm³/mol. The molecule has 0 rings (SSSR count). The SMILES string of the molecule is CC(=O)OC(C)C/C(O)=C/[N+]#N. The molecule has 12 heavy (non-hydrogen) atoms. The normalized spacial score (nSPS) is 13.2. The van der Waals surface area contributed by atoms with Crippen LogP contribution in [0.1, 0.15) is 20.3 Å². The van der Waals surface area contributed by atoms with Crippen molar-refractivity contribution < 1.29 is 14.6 Å². The zero-order chi connectivity index (χ0) is 9.56. The minimum Gasteiger partial charge on any atom is -0.505 e. The fourth-order valence-electron chi connectivity index (χ4n) is 0.739. The first kappa shape index (κ1) is 10.4. The summed E-state index contributed by atoms with van der Waals surface area (Å²) in [6, 6.07) is 0. The van der Waals surface area contributed by atoms with Crippen LogP contribution in [-0.4, -0.2) is 17.2 Å². The Morgan fingerprint density at radius 2 is 2.42 bits per heavy atom. The number of ether oxygens (including phenoxy) is 1. The van der Waals surface area contributed by atoms with Gasteiger partial charge in [0.15, 0.2) is 10.7 Å². The van der Waals surface area contributed by atoms with E-state index in [1.54, 1.807) is 6.92 Å². The molecule has 0 fully saturated rings. The van der Waals surface area contributed by atoms with Crippen molar-refractivity contribution in [3.8, 4) is 0 Å². The highest BCUT2D eigenvalue weighted by atomic mass is 16.5. The second-order valence-corrected chi connectivity index (χ2v) is 2.36. The van der Waals surface area contributed by atoms with Gasteiger partial charge in [-0.05, 0) is 6.92 Å². The van der Waals surface area contributed by atoms with E-state index in [1.165, 1.54) is 6.92 Å². The van der Waals surface area contributed by atoms with Gasteiger partial charge >= 0.3 is 12.2 Å². The quantitative estimate of drug-likeness (QED) is 0.397. The van der Waals surface area contributed by atoms with E-state index in [9.17, 15) is 4.79 Å². The van der Waals surface area contributed by atoms with E-state index in [0.29, 0.717) is 0 Å². The number of rotatable bonds is 3. The van der Waals surface area contributed by atoms with Crippen molar-refractivity contribution in [3.05, 3.63) is 16.9 Å². The van der Waals surface area contributed by atoms with Gasteiger partial charge in [0.25, 0.3) is 0 Å². The maximum Gasteiger partial charge on any atom is 0.387 e. The molecular formula is C7H11N2O3+. The van der Waals surface area contributed by atoms with Crippen molar-refractivity contribution in [1.82, 2.24) is 0 Å². The molecule has 0 saturated carbocycles. The molecule has 66 valence electrons. The molecule has 0 aliphatic rings. The van der Waals surface area contributed by atoms with E-state index in [0.717, 1.165) is 6.20 Å². The van der Waals surface area contributed by atoms with E-state index in [1.807, 2.05) is 0 Å². The number of hydrogen-bond acceptors (Lipinski definition) is 4. The van der Waals surface area contributed by atoms with E-state index < -0.39 is 12.1 Å². The van der Waals surface area contributed by atoms with Crippen LogP contribution in [0.5, 0.6) is 0 Å². The van der Waals surface area contributed by atoms with Gasteiger partial charge in [-0.25, -0.2) is 0 Å². The molecular weight excluding hydrogens is 160 g/mol. The predicted octanol–water partition coefficient (Wildman–Crippen LogP) is 1.58. The topological polar surface area (TPSA) is 74.7 Å². The van der Waals surface area contributed by atoms with Crippen LogP contribution in [0.25, 0.3) is 4.98 Å². The Bertz CT molecular complexity index is 229. The van der Waals surface area contributed by atoms with Gasteiger partial charge in [0.05, 0.1) is 0 Å². The van der Waals surface area contributed by atoms with E-state index in [-0.39, 0.29) is 12.2 Å². The van der Waals surface area contributed by atoms with Crippen molar-refractivity contribution in [3.63, 3.8) is 0 Å². The summed E-state index contributed by atoms with van der Waals surface area (Å²) in [6.45, 7) is 2.91. The lowest BCUT2D eigenvalue weighted by Gasteiger charge is -2.08. The molecule has 0 spiro atoms. The molecule has 5 nitrogen and oxygen atoms in total. The maximum atomic E-state index is 10.4. The lowest BCUT2D eigenvalue weighted by molar-refractivity contribution is -0.145. The Morgan fingerprint density at radius 1 is 1.83 bits per heavy atom. The van der Waals surface area contributed by atoms with Gasteiger partial charge < -0.3 is 9.84 Å². The van der Waals surface area contributed by atoms with Gasteiger partial charge in [-0.2, -0.15) is 0 Å². The van der Waals surface area contributed by atoms with Crippen molar-refractivity contribution in [1.29, 1.82) is 5.39 Å². The smallest absolute Gasteiger partial charge is 0.387 e. The molecule has 0 aromatic rings. The van der Waals surface area contributed by atoms with Gasteiger partial charge in [0.1, 0.15) is 6.10 Å². The second-order valence-electron chi connectivity index (χ2n) is 2.36. The van der Waals surface area contributed by atoms with Crippen LogP contribution in [0.15, 0.2) is 12.0 Å². The number of aliphatic hydroxyl groups excluding tert-OH is 1. The summed E-state index contributed by atoms with van der Waals surface area (Å²) in [7, 11) is 0. The zero-order valence-corrected chi connectivity index (χ0v) is 7.02. The third kappa shape index (κ3) is 5.23. The van der Waals surface area contributed by atoms with Crippen LogP contribution in [-0.2, 0) is 9.53 Å². The van der Waals surface area contributed by atoms with Crippen LogP contribution < -0.4 is 0 Å². The maximum absolute atomic E-state index is 10.4. The van der Waals surface area contributed by atoms with Crippen LogP contribution in [0.4, 0.5) is 0 Å². The second kappa shape index (κ2) is 5.13. The molecule has 0 aromatic heterocycles. The minimum atomic E-state index is -0.416. The lowest BCUT2D eigenvalue weighted by atomic mass is 10.2. The summed E-state index contributed by atoms with van der Waals surface area (Å²) in [6.07, 6.45) is 0.615. The standard InChI is InChI=1S/C7H10N2O3/c1-5(12-6(2)10)3-7(11)4-9-8/h4-5H,3H2,1-2H3/p+1/b7-4-. The number of esters is 1. The highest BCUT2D eigenvalue weighted by Gasteiger charge is 2.10. The summed E-state index contributed by atoms with van der Waals surface area (Å²) >= 11 is 0. The molecule has 0 amide bonds. The first-order chi connectivity index (χ1) is 5.56. The number of carbonyl (C=O) groups is 1. The molecule has 0 saturated heterocycles. The molecule has 0 radical (unpaired) electrons. The average molecular weight is 171 g/mol. The number of nitrogens with zero attached hydrogens (tertiary/aromatic N) is 2. The highest BCUT2D eigenvalue weighted by Crippen LogP contribution is 2.05. The van der Waals surface area contributed by atoms with Crippen molar-refractivity contribution in [2.45, 2.75) is 26.4 Å². The Morgan fingerprint density at radius 3 is 2.83 bits per heavy atom. The summed E-state index contributed by atoms with van der Waals surface area (Å²) in [5.74, 6) is -0.539. The van der Waals surface area contributed by atoms with Crippen LogP contribution >= 0.6 is 0 Å². The van der Waals surface area contributed by atoms with Gasteiger partial charge in [0, 0.05) is 13.3 Å². The average Bonchev–Trinajstić information content (AvgIpc) is 1.84. The van der Waals surface area contributed by atoms with Crippen molar-refractivity contribution in [2.75, 3.05) is 0 Å². The first-order valence-corrected chi connectivity index (χ1v) is 3.45. The number of hydrogen-bond donors (Lipinski definition) is 1. The zero-order valence-electron chi connectivity index (χ0n) is 7.02. The monoisotopic (exact) mass is 171 g/mol. The van der Waals surface area contributed by atoms with Crippen LogP contribution in [0, 0.1) is 5.39 Å². The third-order valence-electron chi connectivity index (χ3n) is 1.07. The molecule has 0 aromatic carbocycles. The first-order valence-electron chi connectivity index (χ1n) is 3.45. The molecule has 0 aliphatic heterocycles. The number of aliphatic hydroxyl groups is 1. The molecule has 0 heterocycles. The molecule has 0 aliphatic carbocycles. The van der Waals surface area contributed by atoms with Gasteiger partial charge in [-0.3, -0.25) is 4.79 Å². The summed E-state index contributed by atoms with van der Waals surface area (Å²) < 4.78 is 4.70. The number of diazo groups is 1. The molecule has 5 heteroatoms. The molecule has 1 unspecified atom stereocenters. The molecule has 0 bridgehead atoms. The Hall–Kier alpha value is -1.57. The van der Waals surface area contributed by atoms with Crippen LogP contribution in [0.2, 0.25) is 0 Å². The fourth-order valence-corrected chi connectivity index (χ4v) is 0.739. The number of carbonyl (C=O) groups excluding carboxylic acids is 1. The van der Waals surface area contributed by atoms with E-state index in [4.69, 9.17) is 15.2 Å². The van der Waals surface area contributed by atoms with Gasteiger partial charge in [0.2, 0.25) is 5.39 Å². The van der Waals surface area contributed by atoms with Gasteiger partial charge in [-0.1, -0.05) is 0 Å². The van der Waals surface area contributed by atoms with Crippen molar-refractivity contribution in [2.24, 2.45) is 0 Å². The van der Waals surface area contributed by atoms with E-state index in [2.05, 4.69) is 4.98 Å². The van der Waals surface area contributed by atoms with Crippen molar-refractivity contribution >= 4 is 5.97 Å². The Labute approximate surface area is 70.3 Å². The van der Waals surface area contributed by atoms with Gasteiger partial charge in [-0.15, -0.1) is 0 Å². The largest absolute Gasteiger partial charge is 0.505 e. The summed E-state index contributed by atoms with van der Waals surface area (Å²) in [5.41, 5.74) is 0. The van der Waals surface area contributed by atoms with Crippen LogP contribution in [0.3, 0.4) is 0 Å². The Balaban J connectivity index is 3.86. The summed E-state index contributed by atoms with van der Waals surface area (Å²) in [4.78, 5) is 13.0. The molecule has 1 N–H and O–H groups in total. The third-order valence-corrected chi connectivity index (χ3v) is 1.07. The minimum absolute atomic E-state index is 0.133.